The fraction of sp³-hybridized carbons (Fsp3) is 0.0556. The maximum atomic E-state index is 12.3. The van der Waals surface area contributed by atoms with E-state index >= 15 is 0 Å². The van der Waals surface area contributed by atoms with Crippen molar-refractivity contribution >= 4 is 16.8 Å². The second-order valence-electron chi connectivity index (χ2n) is 5.43. The Kier molecular flexibility index (Phi) is 3.55. The molecule has 4 rings (SSSR count). The van der Waals surface area contributed by atoms with Crippen molar-refractivity contribution < 1.29 is 4.79 Å². The quantitative estimate of drug-likeness (QED) is 0.607. The number of para-hydroxylation sites is 2. The number of H-pyrrole nitrogens is 1. The van der Waals surface area contributed by atoms with Crippen LogP contribution in [0, 0.1) is 0 Å². The number of rotatable bonds is 4. The molecule has 2 heterocycles. The number of aromatic amines is 1. The lowest BCUT2D eigenvalue weighted by atomic mass is 10.2. The summed E-state index contributed by atoms with van der Waals surface area (Å²) < 4.78 is 1.78. The molecule has 0 saturated heterocycles. The average molecular weight is 317 g/mol. The van der Waals surface area contributed by atoms with Crippen LogP contribution in [-0.4, -0.2) is 25.9 Å². The number of nitrogens with zero attached hydrogens (tertiary/aromatic N) is 3. The summed E-state index contributed by atoms with van der Waals surface area (Å²) in [5.41, 5.74) is 3.15. The maximum absolute atomic E-state index is 12.3. The minimum atomic E-state index is -0.208. The first-order valence-corrected chi connectivity index (χ1v) is 7.61. The highest BCUT2D eigenvalue weighted by Gasteiger charge is 2.13. The minimum absolute atomic E-state index is 0.208. The highest BCUT2D eigenvalue weighted by atomic mass is 16.1. The summed E-state index contributed by atoms with van der Waals surface area (Å²) >= 11 is 0. The van der Waals surface area contributed by atoms with Gasteiger partial charge >= 0.3 is 0 Å². The average Bonchev–Trinajstić information content (AvgIpc) is 3.27. The van der Waals surface area contributed by atoms with Gasteiger partial charge < -0.3 is 5.32 Å². The summed E-state index contributed by atoms with van der Waals surface area (Å²) in [7, 11) is 0. The number of aromatic nitrogens is 4. The topological polar surface area (TPSA) is 75.6 Å². The van der Waals surface area contributed by atoms with Gasteiger partial charge in [-0.15, -0.1) is 0 Å². The van der Waals surface area contributed by atoms with Crippen LogP contribution in [-0.2, 0) is 6.54 Å². The van der Waals surface area contributed by atoms with Crippen LogP contribution >= 0.6 is 0 Å². The molecule has 0 radical (unpaired) electrons. The van der Waals surface area contributed by atoms with Gasteiger partial charge in [0.15, 0.2) is 5.69 Å². The highest BCUT2D eigenvalue weighted by Crippen LogP contribution is 2.15. The van der Waals surface area contributed by atoms with Gasteiger partial charge in [-0.2, -0.15) is 10.2 Å². The van der Waals surface area contributed by atoms with Crippen LogP contribution in [0.2, 0.25) is 0 Å². The van der Waals surface area contributed by atoms with Crippen molar-refractivity contribution in [2.45, 2.75) is 6.54 Å². The first kappa shape index (κ1) is 14.2. The smallest absolute Gasteiger partial charge is 0.272 e. The van der Waals surface area contributed by atoms with Crippen LogP contribution in [0.15, 0.2) is 67.0 Å². The van der Waals surface area contributed by atoms with E-state index in [1.165, 1.54) is 0 Å². The fourth-order valence-corrected chi connectivity index (χ4v) is 2.58. The lowest BCUT2D eigenvalue weighted by molar-refractivity contribution is 0.0947. The van der Waals surface area contributed by atoms with Gasteiger partial charge in [-0.3, -0.25) is 9.89 Å². The molecule has 1 amide bonds. The molecular weight excluding hydrogens is 302 g/mol. The van der Waals surface area contributed by atoms with Gasteiger partial charge in [-0.05, 0) is 18.2 Å². The van der Waals surface area contributed by atoms with Gasteiger partial charge in [0.25, 0.3) is 5.91 Å². The van der Waals surface area contributed by atoms with Crippen LogP contribution in [0.4, 0.5) is 0 Å². The molecule has 0 unspecified atom stereocenters. The molecule has 2 N–H and O–H groups in total. The maximum Gasteiger partial charge on any atom is 0.272 e. The number of benzene rings is 2. The molecule has 0 aliphatic heterocycles. The van der Waals surface area contributed by atoms with Crippen LogP contribution in [0.1, 0.15) is 16.1 Å². The monoisotopic (exact) mass is 317 g/mol. The number of amides is 1. The summed E-state index contributed by atoms with van der Waals surface area (Å²) in [5, 5.41) is 15.0. The Labute approximate surface area is 138 Å². The molecule has 6 heteroatoms. The first-order chi connectivity index (χ1) is 11.8. The van der Waals surface area contributed by atoms with Crippen LogP contribution in [0.25, 0.3) is 16.6 Å². The van der Waals surface area contributed by atoms with Crippen molar-refractivity contribution in [3.63, 3.8) is 0 Å². The third-order valence-electron chi connectivity index (χ3n) is 3.80. The van der Waals surface area contributed by atoms with Gasteiger partial charge in [-0.25, -0.2) is 4.68 Å². The number of fused-ring (bicyclic) bond motifs is 1. The Balaban J connectivity index is 1.47. The van der Waals surface area contributed by atoms with E-state index in [-0.39, 0.29) is 5.91 Å². The molecule has 0 aliphatic rings. The number of carbonyl (C=O) groups excluding carboxylic acids is 1. The lowest BCUT2D eigenvalue weighted by Gasteiger charge is -2.02. The molecule has 6 nitrogen and oxygen atoms in total. The van der Waals surface area contributed by atoms with E-state index in [4.69, 9.17) is 0 Å². The molecule has 4 aromatic rings. The van der Waals surface area contributed by atoms with E-state index in [1.54, 1.807) is 10.9 Å². The molecule has 0 bridgehead atoms. The highest BCUT2D eigenvalue weighted by molar-refractivity contribution is 6.04. The molecule has 2 aromatic heterocycles. The number of nitrogens with one attached hydrogen (secondary N) is 2. The van der Waals surface area contributed by atoms with Crippen molar-refractivity contribution in [3.8, 4) is 5.69 Å². The predicted molar refractivity (Wildman–Crippen MR) is 90.8 cm³/mol. The van der Waals surface area contributed by atoms with Crippen LogP contribution < -0.4 is 5.32 Å². The summed E-state index contributed by atoms with van der Waals surface area (Å²) in [4.78, 5) is 12.3. The molecular formula is C18H15N5O. The SMILES string of the molecule is O=C(NCc1cnn(-c2ccccc2)c1)c1n[nH]c2ccccc12. The standard InChI is InChI=1S/C18H15N5O/c24-18(17-15-8-4-5-9-16(15)21-22-17)19-10-13-11-20-23(12-13)14-6-2-1-3-7-14/h1-9,11-12H,10H2,(H,19,24)(H,21,22). The van der Waals surface area contributed by atoms with E-state index in [1.807, 2.05) is 60.8 Å². The zero-order valence-electron chi connectivity index (χ0n) is 12.8. The normalized spacial score (nSPS) is 10.8. The Hall–Kier alpha value is -3.41. The van der Waals surface area contributed by atoms with E-state index in [2.05, 4.69) is 20.6 Å². The van der Waals surface area contributed by atoms with E-state index < -0.39 is 0 Å². The second kappa shape index (κ2) is 6.00. The third-order valence-corrected chi connectivity index (χ3v) is 3.80. The lowest BCUT2D eigenvalue weighted by Crippen LogP contribution is -2.23. The van der Waals surface area contributed by atoms with Gasteiger partial charge in [0.2, 0.25) is 0 Å². The van der Waals surface area contributed by atoms with Crippen molar-refractivity contribution in [3.05, 3.63) is 78.2 Å². The molecule has 0 fully saturated rings. The molecule has 0 atom stereocenters. The van der Waals surface area contributed by atoms with Crippen molar-refractivity contribution in [2.24, 2.45) is 0 Å². The Morgan fingerprint density at radius 1 is 1.08 bits per heavy atom. The molecule has 0 aliphatic carbocycles. The van der Waals surface area contributed by atoms with E-state index in [0.29, 0.717) is 12.2 Å². The molecule has 118 valence electrons. The molecule has 0 saturated carbocycles. The Morgan fingerprint density at radius 3 is 2.75 bits per heavy atom. The molecule has 24 heavy (non-hydrogen) atoms. The summed E-state index contributed by atoms with van der Waals surface area (Å²) in [6, 6.07) is 17.4. The Bertz CT molecular complexity index is 987. The summed E-state index contributed by atoms with van der Waals surface area (Å²) in [5.74, 6) is -0.208. The first-order valence-electron chi connectivity index (χ1n) is 7.61. The summed E-state index contributed by atoms with van der Waals surface area (Å²) in [6.07, 6.45) is 3.65. The molecule has 2 aromatic carbocycles. The zero-order chi connectivity index (χ0) is 16.4. The number of hydrogen-bond donors (Lipinski definition) is 2. The van der Waals surface area contributed by atoms with Crippen LogP contribution in [0.5, 0.6) is 0 Å². The summed E-state index contributed by atoms with van der Waals surface area (Å²) in [6.45, 7) is 0.396. The minimum Gasteiger partial charge on any atom is -0.346 e. The van der Waals surface area contributed by atoms with Gasteiger partial charge in [0.05, 0.1) is 17.4 Å². The largest absolute Gasteiger partial charge is 0.346 e. The zero-order valence-corrected chi connectivity index (χ0v) is 12.8. The third kappa shape index (κ3) is 2.65. The fourth-order valence-electron chi connectivity index (χ4n) is 2.58. The van der Waals surface area contributed by atoms with Gasteiger partial charge in [-0.1, -0.05) is 36.4 Å². The van der Waals surface area contributed by atoms with E-state index in [9.17, 15) is 4.79 Å². The van der Waals surface area contributed by atoms with E-state index in [0.717, 1.165) is 22.2 Å². The van der Waals surface area contributed by atoms with Gasteiger partial charge in [0, 0.05) is 23.7 Å². The van der Waals surface area contributed by atoms with Crippen LogP contribution in [0.3, 0.4) is 0 Å². The van der Waals surface area contributed by atoms with Crippen molar-refractivity contribution in [1.29, 1.82) is 0 Å². The van der Waals surface area contributed by atoms with Gasteiger partial charge in [0.1, 0.15) is 0 Å². The predicted octanol–water partition coefficient (Wildman–Crippen LogP) is 2.68. The second-order valence-corrected chi connectivity index (χ2v) is 5.43. The van der Waals surface area contributed by atoms with Crippen molar-refractivity contribution in [2.75, 3.05) is 0 Å². The number of hydrogen-bond acceptors (Lipinski definition) is 3. The number of carbonyl (C=O) groups is 1. The van der Waals surface area contributed by atoms with Crippen molar-refractivity contribution in [1.82, 2.24) is 25.3 Å². The molecule has 0 spiro atoms. The Morgan fingerprint density at radius 2 is 1.88 bits per heavy atom.